The van der Waals surface area contributed by atoms with E-state index < -0.39 is 0 Å². The Morgan fingerprint density at radius 2 is 2.00 bits per heavy atom. The van der Waals surface area contributed by atoms with Crippen LogP contribution in [0.5, 0.6) is 0 Å². The fourth-order valence-corrected chi connectivity index (χ4v) is 1.05. The van der Waals surface area contributed by atoms with E-state index in [-0.39, 0.29) is 5.60 Å². The summed E-state index contributed by atoms with van der Waals surface area (Å²) in [5, 5.41) is 6.23. The lowest BCUT2D eigenvalue weighted by molar-refractivity contribution is 0.0343. The van der Waals surface area contributed by atoms with Crippen LogP contribution in [0.15, 0.2) is 18.2 Å². The van der Waals surface area contributed by atoms with Gasteiger partial charge in [-0.3, -0.25) is 0 Å². The summed E-state index contributed by atoms with van der Waals surface area (Å²) < 4.78 is 5.31. The van der Waals surface area contributed by atoms with Gasteiger partial charge in [-0.05, 0) is 26.0 Å². The van der Waals surface area contributed by atoms with Gasteiger partial charge in [0.15, 0.2) is 0 Å². The Balaban J connectivity index is 2.57. The number of hydrogen-bond acceptors (Lipinski definition) is 4. The largest absolute Gasteiger partial charge is 0.377 e. The molecule has 0 unspecified atom stereocenters. The topological polar surface area (TPSA) is 46.2 Å². The fourth-order valence-electron chi connectivity index (χ4n) is 1.05. The molecule has 0 aliphatic heterocycles. The Hall–Kier alpha value is -1.29. The summed E-state index contributed by atoms with van der Waals surface area (Å²) in [5.74, 6) is 1.71. The zero-order valence-electron chi connectivity index (χ0n) is 9.79. The highest BCUT2D eigenvalue weighted by molar-refractivity contribution is 5.44. The number of rotatable bonds is 5. The number of ether oxygens (including phenoxy) is 1. The quantitative estimate of drug-likeness (QED) is 0.778. The van der Waals surface area contributed by atoms with E-state index in [4.69, 9.17) is 4.74 Å². The second kappa shape index (κ2) is 4.98. The van der Waals surface area contributed by atoms with Gasteiger partial charge in [0, 0.05) is 20.7 Å². The fraction of sp³-hybridized carbons (Fsp3) is 0.545. The van der Waals surface area contributed by atoms with Crippen molar-refractivity contribution in [1.29, 1.82) is 0 Å². The highest BCUT2D eigenvalue weighted by Crippen LogP contribution is 2.12. The highest BCUT2D eigenvalue weighted by Gasteiger charge is 2.15. The SMILES string of the molecule is CNc1cccc(NCC(C)(C)OC)n1. The van der Waals surface area contributed by atoms with Crippen LogP contribution in [-0.2, 0) is 4.74 Å². The number of pyridine rings is 1. The van der Waals surface area contributed by atoms with Crippen molar-refractivity contribution in [2.75, 3.05) is 31.3 Å². The molecular weight excluding hydrogens is 190 g/mol. The molecule has 4 heteroatoms. The molecule has 0 aliphatic carbocycles. The van der Waals surface area contributed by atoms with Gasteiger partial charge < -0.3 is 15.4 Å². The first-order chi connectivity index (χ1) is 7.07. The molecule has 0 saturated heterocycles. The average molecular weight is 209 g/mol. The van der Waals surface area contributed by atoms with Gasteiger partial charge in [0.05, 0.1) is 5.60 Å². The maximum Gasteiger partial charge on any atom is 0.128 e. The van der Waals surface area contributed by atoms with Crippen molar-refractivity contribution in [3.05, 3.63) is 18.2 Å². The summed E-state index contributed by atoms with van der Waals surface area (Å²) in [7, 11) is 3.56. The first-order valence-electron chi connectivity index (χ1n) is 5.01. The standard InChI is InChI=1S/C11H19N3O/c1-11(2,15-4)8-13-10-7-5-6-9(12-3)14-10/h5-7H,8H2,1-4H3,(H2,12,13,14). The highest BCUT2D eigenvalue weighted by atomic mass is 16.5. The first-order valence-corrected chi connectivity index (χ1v) is 5.01. The summed E-state index contributed by atoms with van der Waals surface area (Å²) in [4.78, 5) is 4.35. The molecule has 1 aromatic rings. The number of aromatic nitrogens is 1. The smallest absolute Gasteiger partial charge is 0.128 e. The summed E-state index contributed by atoms with van der Waals surface area (Å²) in [5.41, 5.74) is -0.183. The third-order valence-corrected chi connectivity index (χ3v) is 2.25. The molecule has 0 atom stereocenters. The lowest BCUT2D eigenvalue weighted by Crippen LogP contribution is -2.32. The van der Waals surface area contributed by atoms with Crippen LogP contribution in [0.4, 0.5) is 11.6 Å². The lowest BCUT2D eigenvalue weighted by Gasteiger charge is -2.23. The average Bonchev–Trinajstić information content (AvgIpc) is 2.27. The van der Waals surface area contributed by atoms with E-state index in [0.717, 1.165) is 18.2 Å². The molecule has 0 radical (unpaired) electrons. The zero-order chi connectivity index (χ0) is 11.3. The van der Waals surface area contributed by atoms with E-state index >= 15 is 0 Å². The number of hydrogen-bond donors (Lipinski definition) is 2. The van der Waals surface area contributed by atoms with Gasteiger partial charge >= 0.3 is 0 Å². The number of anilines is 2. The van der Waals surface area contributed by atoms with Gasteiger partial charge in [0.2, 0.25) is 0 Å². The van der Waals surface area contributed by atoms with Crippen molar-refractivity contribution in [2.45, 2.75) is 19.4 Å². The van der Waals surface area contributed by atoms with Gasteiger partial charge in [-0.1, -0.05) is 6.07 Å². The molecule has 1 aromatic heterocycles. The van der Waals surface area contributed by atoms with Gasteiger partial charge in [0.1, 0.15) is 11.6 Å². The van der Waals surface area contributed by atoms with Crippen LogP contribution in [0.3, 0.4) is 0 Å². The van der Waals surface area contributed by atoms with Crippen molar-refractivity contribution in [3.8, 4) is 0 Å². The third kappa shape index (κ3) is 3.75. The molecule has 15 heavy (non-hydrogen) atoms. The van der Waals surface area contributed by atoms with Crippen LogP contribution >= 0.6 is 0 Å². The van der Waals surface area contributed by atoms with Gasteiger partial charge in [-0.25, -0.2) is 4.98 Å². The Morgan fingerprint density at radius 1 is 1.33 bits per heavy atom. The minimum Gasteiger partial charge on any atom is -0.377 e. The molecule has 84 valence electrons. The Labute approximate surface area is 91.1 Å². The second-order valence-electron chi connectivity index (χ2n) is 3.98. The molecule has 4 nitrogen and oxygen atoms in total. The van der Waals surface area contributed by atoms with E-state index in [0.29, 0.717) is 0 Å². The Morgan fingerprint density at radius 3 is 2.60 bits per heavy atom. The minimum absolute atomic E-state index is 0.183. The molecule has 1 rings (SSSR count). The van der Waals surface area contributed by atoms with Crippen molar-refractivity contribution in [1.82, 2.24) is 4.98 Å². The van der Waals surface area contributed by atoms with E-state index in [1.807, 2.05) is 39.1 Å². The monoisotopic (exact) mass is 209 g/mol. The zero-order valence-corrected chi connectivity index (χ0v) is 9.79. The molecule has 0 amide bonds. The molecule has 2 N–H and O–H groups in total. The second-order valence-corrected chi connectivity index (χ2v) is 3.98. The molecule has 0 bridgehead atoms. The van der Waals surface area contributed by atoms with E-state index in [2.05, 4.69) is 15.6 Å². The maximum atomic E-state index is 5.31. The molecule has 0 spiro atoms. The first kappa shape index (κ1) is 11.8. The molecule has 0 aliphatic rings. The Bertz CT molecular complexity index is 312. The van der Waals surface area contributed by atoms with Crippen molar-refractivity contribution >= 4 is 11.6 Å². The van der Waals surface area contributed by atoms with Gasteiger partial charge in [-0.15, -0.1) is 0 Å². The van der Waals surface area contributed by atoms with E-state index in [1.165, 1.54) is 0 Å². The molecule has 0 fully saturated rings. The minimum atomic E-state index is -0.183. The van der Waals surface area contributed by atoms with Crippen LogP contribution in [0.25, 0.3) is 0 Å². The predicted octanol–water partition coefficient (Wildman–Crippen LogP) is 1.96. The van der Waals surface area contributed by atoms with Crippen LogP contribution < -0.4 is 10.6 Å². The maximum absolute atomic E-state index is 5.31. The third-order valence-electron chi connectivity index (χ3n) is 2.25. The number of nitrogens with zero attached hydrogens (tertiary/aromatic N) is 1. The van der Waals surface area contributed by atoms with E-state index in [9.17, 15) is 0 Å². The van der Waals surface area contributed by atoms with E-state index in [1.54, 1.807) is 7.11 Å². The lowest BCUT2D eigenvalue weighted by atomic mass is 10.1. The van der Waals surface area contributed by atoms with Crippen LogP contribution in [-0.4, -0.2) is 31.3 Å². The van der Waals surface area contributed by atoms with Crippen LogP contribution in [0.2, 0.25) is 0 Å². The Kier molecular flexibility index (Phi) is 3.91. The summed E-state index contributed by atoms with van der Waals surface area (Å²) in [6.07, 6.45) is 0. The number of nitrogens with one attached hydrogen (secondary N) is 2. The van der Waals surface area contributed by atoms with Crippen LogP contribution in [0, 0.1) is 0 Å². The summed E-state index contributed by atoms with van der Waals surface area (Å²) in [6, 6.07) is 5.82. The normalized spacial score (nSPS) is 11.2. The summed E-state index contributed by atoms with van der Waals surface area (Å²) in [6.45, 7) is 4.79. The van der Waals surface area contributed by atoms with Crippen molar-refractivity contribution in [2.24, 2.45) is 0 Å². The van der Waals surface area contributed by atoms with Crippen LogP contribution in [0.1, 0.15) is 13.8 Å². The summed E-state index contributed by atoms with van der Waals surface area (Å²) >= 11 is 0. The molecule has 0 saturated carbocycles. The molecule has 0 aromatic carbocycles. The predicted molar refractivity (Wildman–Crippen MR) is 63.4 cm³/mol. The van der Waals surface area contributed by atoms with Gasteiger partial charge in [-0.2, -0.15) is 0 Å². The van der Waals surface area contributed by atoms with Gasteiger partial charge in [0.25, 0.3) is 0 Å². The van der Waals surface area contributed by atoms with Crippen molar-refractivity contribution < 1.29 is 4.74 Å². The number of methoxy groups -OCH3 is 1. The van der Waals surface area contributed by atoms with Crippen molar-refractivity contribution in [3.63, 3.8) is 0 Å². The molecular formula is C11H19N3O. The molecule has 1 heterocycles.